The Morgan fingerprint density at radius 2 is 2.00 bits per heavy atom. The summed E-state index contributed by atoms with van der Waals surface area (Å²) in [5.41, 5.74) is 5.27. The summed E-state index contributed by atoms with van der Waals surface area (Å²) >= 11 is 1.86. The van der Waals surface area contributed by atoms with E-state index in [0.29, 0.717) is 11.3 Å². The van der Waals surface area contributed by atoms with E-state index in [1.165, 1.54) is 27.3 Å². The summed E-state index contributed by atoms with van der Waals surface area (Å²) in [6.07, 6.45) is 3.88. The first-order valence-electron chi connectivity index (χ1n) is 6.63. The Morgan fingerprint density at radius 1 is 1.21 bits per heavy atom. The van der Waals surface area contributed by atoms with Crippen LogP contribution in [0.2, 0.25) is 0 Å². The Hall–Kier alpha value is -1.48. The summed E-state index contributed by atoms with van der Waals surface area (Å²) in [5, 5.41) is 3.94. The molecule has 1 unspecified atom stereocenters. The van der Waals surface area contributed by atoms with Crippen LogP contribution in [0.1, 0.15) is 41.8 Å². The molecule has 0 saturated heterocycles. The number of aromatic nitrogens is 1. The van der Waals surface area contributed by atoms with E-state index in [9.17, 15) is 0 Å². The van der Waals surface area contributed by atoms with Crippen molar-refractivity contribution in [1.82, 2.24) is 4.98 Å². The predicted molar refractivity (Wildman–Crippen MR) is 81.7 cm³/mol. The zero-order valence-corrected chi connectivity index (χ0v) is 12.3. The summed E-state index contributed by atoms with van der Waals surface area (Å²) in [4.78, 5) is 5.53. The van der Waals surface area contributed by atoms with Crippen LogP contribution in [0.25, 0.3) is 0 Å². The second-order valence-corrected chi connectivity index (χ2v) is 6.40. The van der Waals surface area contributed by atoms with Crippen LogP contribution >= 0.6 is 11.8 Å². The molecule has 0 spiro atoms. The van der Waals surface area contributed by atoms with Gasteiger partial charge in [0.05, 0.1) is 10.6 Å². The van der Waals surface area contributed by atoms with E-state index in [0.717, 1.165) is 0 Å². The molecular weight excluding hydrogens is 252 g/mol. The number of hydrogen-bond donors (Lipinski definition) is 1. The van der Waals surface area contributed by atoms with E-state index in [-0.39, 0.29) is 0 Å². The van der Waals surface area contributed by atoms with Crippen molar-refractivity contribution in [3.8, 4) is 0 Å². The normalized spacial score (nSPS) is 17.4. The van der Waals surface area contributed by atoms with Crippen molar-refractivity contribution in [2.75, 3.05) is 5.32 Å². The number of nitrogens with zero attached hydrogens (tertiary/aromatic N) is 1. The van der Waals surface area contributed by atoms with Crippen LogP contribution in [0.5, 0.6) is 0 Å². The number of thioether (sulfide) groups is 1. The van der Waals surface area contributed by atoms with Crippen LogP contribution in [-0.2, 0) is 0 Å². The number of pyridine rings is 1. The molecule has 1 aliphatic rings. The minimum atomic E-state index is 0.302. The summed E-state index contributed by atoms with van der Waals surface area (Å²) in [5.74, 6) is 0.543. The summed E-state index contributed by atoms with van der Waals surface area (Å²) in [6.45, 7) is 6.60. The molecule has 3 rings (SSSR count). The first kappa shape index (κ1) is 12.5. The van der Waals surface area contributed by atoms with Crippen molar-refractivity contribution in [1.29, 1.82) is 0 Å². The fourth-order valence-electron chi connectivity index (χ4n) is 2.52. The third-order valence-corrected chi connectivity index (χ3v) is 4.69. The number of aryl methyl sites for hydroxylation is 1. The number of benzene rings is 1. The number of anilines is 1. The smallest absolute Gasteiger partial charge is 0.103 e. The van der Waals surface area contributed by atoms with Crippen molar-refractivity contribution < 1.29 is 0 Å². The van der Waals surface area contributed by atoms with Gasteiger partial charge in [0.1, 0.15) is 5.37 Å². The van der Waals surface area contributed by atoms with Gasteiger partial charge in [0.15, 0.2) is 0 Å². The van der Waals surface area contributed by atoms with Crippen LogP contribution < -0.4 is 5.32 Å². The first-order chi connectivity index (χ1) is 9.16. The number of nitrogens with one attached hydrogen (secondary N) is 1. The Balaban J connectivity index is 1.97. The van der Waals surface area contributed by atoms with Crippen molar-refractivity contribution in [2.24, 2.45) is 0 Å². The van der Waals surface area contributed by atoms with Crippen molar-refractivity contribution in [2.45, 2.75) is 37.0 Å². The zero-order chi connectivity index (χ0) is 13.4. The molecule has 2 aromatic rings. The molecule has 0 radical (unpaired) electrons. The number of fused-ring (bicyclic) bond motifs is 1. The third-order valence-electron chi connectivity index (χ3n) is 3.52. The van der Waals surface area contributed by atoms with Gasteiger partial charge in [0.2, 0.25) is 0 Å². The Kier molecular flexibility index (Phi) is 3.23. The van der Waals surface area contributed by atoms with Gasteiger partial charge in [0.25, 0.3) is 0 Å². The van der Waals surface area contributed by atoms with Gasteiger partial charge >= 0.3 is 0 Å². The topological polar surface area (TPSA) is 24.9 Å². The highest BCUT2D eigenvalue weighted by Gasteiger charge is 2.26. The van der Waals surface area contributed by atoms with E-state index >= 15 is 0 Å². The molecule has 0 saturated carbocycles. The van der Waals surface area contributed by atoms with E-state index in [1.807, 2.05) is 24.2 Å². The van der Waals surface area contributed by atoms with E-state index in [2.05, 4.69) is 55.3 Å². The minimum absolute atomic E-state index is 0.302. The number of hydrogen-bond acceptors (Lipinski definition) is 3. The largest absolute Gasteiger partial charge is 0.368 e. The molecule has 2 heterocycles. The molecule has 0 bridgehead atoms. The maximum absolute atomic E-state index is 4.28. The van der Waals surface area contributed by atoms with Gasteiger partial charge in [-0.2, -0.15) is 0 Å². The molecule has 1 aliphatic heterocycles. The maximum Gasteiger partial charge on any atom is 0.103 e. The van der Waals surface area contributed by atoms with E-state index in [4.69, 9.17) is 0 Å². The fraction of sp³-hybridized carbons (Fsp3) is 0.312. The molecule has 3 heteroatoms. The summed E-state index contributed by atoms with van der Waals surface area (Å²) in [6, 6.07) is 8.71. The fourth-order valence-corrected chi connectivity index (χ4v) is 3.75. The standard InChI is InChI=1S/C16H18N2S/c1-10(2)12-6-4-5-7-13(12)16-18-15-11(3)8-17-9-14(15)19-16/h4-10,16,18H,1-3H3. The maximum atomic E-state index is 4.28. The van der Waals surface area contributed by atoms with Crippen molar-refractivity contribution >= 4 is 17.4 Å². The van der Waals surface area contributed by atoms with Gasteiger partial charge in [-0.05, 0) is 29.5 Å². The van der Waals surface area contributed by atoms with Crippen molar-refractivity contribution in [3.63, 3.8) is 0 Å². The monoisotopic (exact) mass is 270 g/mol. The second-order valence-electron chi connectivity index (χ2n) is 5.26. The lowest BCUT2D eigenvalue weighted by Gasteiger charge is -2.18. The predicted octanol–water partition coefficient (Wildman–Crippen LogP) is 4.73. The Morgan fingerprint density at radius 3 is 2.74 bits per heavy atom. The quantitative estimate of drug-likeness (QED) is 0.854. The molecule has 1 N–H and O–H groups in total. The second kappa shape index (κ2) is 4.89. The molecule has 19 heavy (non-hydrogen) atoms. The molecule has 0 aliphatic carbocycles. The highest BCUT2D eigenvalue weighted by Crippen LogP contribution is 2.48. The summed E-state index contributed by atoms with van der Waals surface area (Å²) < 4.78 is 0. The van der Waals surface area contributed by atoms with Crippen LogP contribution in [-0.4, -0.2) is 4.98 Å². The van der Waals surface area contributed by atoms with Crippen LogP contribution in [0.15, 0.2) is 41.6 Å². The van der Waals surface area contributed by atoms with Gasteiger partial charge in [-0.25, -0.2) is 0 Å². The summed E-state index contributed by atoms with van der Waals surface area (Å²) in [7, 11) is 0. The van der Waals surface area contributed by atoms with Gasteiger partial charge < -0.3 is 5.32 Å². The number of rotatable bonds is 2. The van der Waals surface area contributed by atoms with Gasteiger partial charge in [-0.1, -0.05) is 49.9 Å². The minimum Gasteiger partial charge on any atom is -0.368 e. The average Bonchev–Trinajstić information content (AvgIpc) is 2.84. The lowest BCUT2D eigenvalue weighted by Crippen LogP contribution is -2.06. The lowest BCUT2D eigenvalue weighted by molar-refractivity contribution is 0.844. The van der Waals surface area contributed by atoms with Crippen LogP contribution in [0.3, 0.4) is 0 Å². The Bertz CT molecular complexity index is 607. The van der Waals surface area contributed by atoms with E-state index in [1.54, 1.807) is 0 Å². The van der Waals surface area contributed by atoms with Crippen LogP contribution in [0.4, 0.5) is 5.69 Å². The van der Waals surface area contributed by atoms with E-state index < -0.39 is 0 Å². The highest BCUT2D eigenvalue weighted by molar-refractivity contribution is 8.00. The molecule has 2 nitrogen and oxygen atoms in total. The molecule has 1 aromatic heterocycles. The first-order valence-corrected chi connectivity index (χ1v) is 7.51. The molecule has 1 aromatic carbocycles. The Labute approximate surface area is 118 Å². The lowest BCUT2D eigenvalue weighted by atomic mass is 9.97. The van der Waals surface area contributed by atoms with Crippen molar-refractivity contribution in [3.05, 3.63) is 53.3 Å². The van der Waals surface area contributed by atoms with Crippen LogP contribution in [0, 0.1) is 6.92 Å². The van der Waals surface area contributed by atoms with Gasteiger partial charge in [-0.15, -0.1) is 0 Å². The molecule has 0 amide bonds. The van der Waals surface area contributed by atoms with Gasteiger partial charge in [0, 0.05) is 12.4 Å². The zero-order valence-electron chi connectivity index (χ0n) is 11.5. The third kappa shape index (κ3) is 2.23. The highest BCUT2D eigenvalue weighted by atomic mass is 32.2. The molecular formula is C16H18N2S. The molecule has 1 atom stereocenters. The van der Waals surface area contributed by atoms with Gasteiger partial charge in [-0.3, -0.25) is 4.98 Å². The SMILES string of the molecule is Cc1cncc2c1NC(c1ccccc1C(C)C)S2. The average molecular weight is 270 g/mol. The molecule has 0 fully saturated rings. The molecule has 98 valence electrons.